The summed E-state index contributed by atoms with van der Waals surface area (Å²) in [5.41, 5.74) is 2.17. The quantitative estimate of drug-likeness (QED) is 0.675. The van der Waals surface area contributed by atoms with E-state index in [9.17, 15) is 9.59 Å². The molecular formula is C22H19NO3. The second-order valence-electron chi connectivity index (χ2n) is 5.78. The van der Waals surface area contributed by atoms with Gasteiger partial charge in [0, 0.05) is 5.56 Å². The summed E-state index contributed by atoms with van der Waals surface area (Å²) < 4.78 is 5.37. The average molecular weight is 345 g/mol. The van der Waals surface area contributed by atoms with Crippen molar-refractivity contribution in [3.05, 3.63) is 108 Å². The summed E-state index contributed by atoms with van der Waals surface area (Å²) in [6.07, 6.45) is -0.661. The van der Waals surface area contributed by atoms with E-state index in [4.69, 9.17) is 4.74 Å². The maximum Gasteiger partial charge on any atom is 0.417 e. The van der Waals surface area contributed by atoms with Crippen molar-refractivity contribution in [2.24, 2.45) is 0 Å². The lowest BCUT2D eigenvalue weighted by atomic mass is 10.1. The number of benzene rings is 3. The predicted octanol–water partition coefficient (Wildman–Crippen LogP) is 4.67. The Labute approximate surface area is 152 Å². The molecule has 2 amide bonds. The van der Waals surface area contributed by atoms with Crippen molar-refractivity contribution >= 4 is 12.0 Å². The highest BCUT2D eigenvalue weighted by Crippen LogP contribution is 2.13. The molecule has 0 fully saturated rings. The van der Waals surface area contributed by atoms with Crippen LogP contribution in [-0.2, 0) is 17.9 Å². The Morgan fingerprint density at radius 1 is 0.692 bits per heavy atom. The molecule has 3 aromatic carbocycles. The van der Waals surface area contributed by atoms with Crippen LogP contribution in [0.25, 0.3) is 0 Å². The first-order chi connectivity index (χ1) is 12.7. The van der Waals surface area contributed by atoms with Crippen molar-refractivity contribution in [3.63, 3.8) is 0 Å². The largest absolute Gasteiger partial charge is 0.444 e. The van der Waals surface area contributed by atoms with Gasteiger partial charge in [-0.15, -0.1) is 0 Å². The maximum atomic E-state index is 12.8. The number of ether oxygens (including phenoxy) is 1. The van der Waals surface area contributed by atoms with Gasteiger partial charge in [-0.1, -0.05) is 78.9 Å². The van der Waals surface area contributed by atoms with Gasteiger partial charge in [-0.2, -0.15) is 0 Å². The number of amides is 2. The molecule has 3 aromatic rings. The summed E-state index contributed by atoms with van der Waals surface area (Å²) in [6, 6.07) is 27.5. The van der Waals surface area contributed by atoms with Gasteiger partial charge in [0.2, 0.25) is 0 Å². The molecule has 0 saturated carbocycles. The van der Waals surface area contributed by atoms with Crippen molar-refractivity contribution in [1.82, 2.24) is 4.90 Å². The minimum Gasteiger partial charge on any atom is -0.444 e. The summed E-state index contributed by atoms with van der Waals surface area (Å²) >= 11 is 0. The Bertz CT molecular complexity index is 848. The molecule has 26 heavy (non-hydrogen) atoms. The van der Waals surface area contributed by atoms with Crippen LogP contribution in [0, 0.1) is 0 Å². The normalized spacial score (nSPS) is 10.2. The number of hydrogen-bond acceptors (Lipinski definition) is 3. The van der Waals surface area contributed by atoms with Gasteiger partial charge in [0.1, 0.15) is 6.61 Å². The van der Waals surface area contributed by atoms with Gasteiger partial charge in [0.15, 0.2) is 0 Å². The highest BCUT2D eigenvalue weighted by atomic mass is 16.6. The van der Waals surface area contributed by atoms with E-state index in [1.165, 1.54) is 0 Å². The van der Waals surface area contributed by atoms with Crippen LogP contribution >= 0.6 is 0 Å². The molecule has 4 nitrogen and oxygen atoms in total. The first kappa shape index (κ1) is 17.4. The number of imide groups is 1. The third kappa shape index (κ3) is 4.57. The molecule has 0 unspecified atom stereocenters. The summed E-state index contributed by atoms with van der Waals surface area (Å²) in [5, 5.41) is 0. The van der Waals surface area contributed by atoms with Crippen LogP contribution in [0.1, 0.15) is 21.5 Å². The summed E-state index contributed by atoms with van der Waals surface area (Å²) in [7, 11) is 0. The first-order valence-electron chi connectivity index (χ1n) is 8.35. The first-order valence-corrected chi connectivity index (χ1v) is 8.35. The number of carbonyl (C=O) groups excluding carboxylic acids is 2. The van der Waals surface area contributed by atoms with Crippen molar-refractivity contribution in [3.8, 4) is 0 Å². The summed E-state index contributed by atoms with van der Waals surface area (Å²) in [5.74, 6) is -0.382. The molecule has 0 bridgehead atoms. The van der Waals surface area contributed by atoms with E-state index < -0.39 is 6.09 Å². The minimum atomic E-state index is -0.661. The zero-order valence-corrected chi connectivity index (χ0v) is 14.2. The number of carbonyl (C=O) groups is 2. The fourth-order valence-electron chi connectivity index (χ4n) is 2.52. The molecule has 0 aliphatic rings. The van der Waals surface area contributed by atoms with Gasteiger partial charge in [-0.3, -0.25) is 4.79 Å². The number of nitrogens with zero attached hydrogens (tertiary/aromatic N) is 1. The Balaban J connectivity index is 1.77. The van der Waals surface area contributed by atoms with Gasteiger partial charge in [-0.25, -0.2) is 9.69 Å². The van der Waals surface area contributed by atoms with E-state index in [1.807, 2.05) is 66.7 Å². The monoisotopic (exact) mass is 345 g/mol. The van der Waals surface area contributed by atoms with Gasteiger partial charge < -0.3 is 4.74 Å². The lowest BCUT2D eigenvalue weighted by Crippen LogP contribution is -2.36. The molecule has 0 saturated heterocycles. The average Bonchev–Trinajstić information content (AvgIpc) is 2.72. The highest BCUT2D eigenvalue weighted by Gasteiger charge is 2.24. The third-order valence-electron chi connectivity index (χ3n) is 3.87. The Morgan fingerprint density at radius 2 is 1.19 bits per heavy atom. The van der Waals surface area contributed by atoms with Crippen LogP contribution in [0.5, 0.6) is 0 Å². The fraction of sp³-hybridized carbons (Fsp3) is 0.0909. The van der Waals surface area contributed by atoms with E-state index in [1.54, 1.807) is 24.3 Å². The number of rotatable bonds is 5. The lowest BCUT2D eigenvalue weighted by Gasteiger charge is -2.20. The van der Waals surface area contributed by atoms with Crippen LogP contribution in [0.2, 0.25) is 0 Å². The van der Waals surface area contributed by atoms with Gasteiger partial charge in [0.05, 0.1) is 6.54 Å². The van der Waals surface area contributed by atoms with Crippen LogP contribution in [0.15, 0.2) is 91.0 Å². The Hall–Kier alpha value is -3.40. The highest BCUT2D eigenvalue weighted by molar-refractivity contribution is 6.02. The molecule has 130 valence electrons. The SMILES string of the molecule is O=C(OCc1ccccc1)N(Cc1ccccc1)C(=O)c1ccccc1. The zero-order valence-electron chi connectivity index (χ0n) is 14.2. The Kier molecular flexibility index (Phi) is 5.78. The Morgan fingerprint density at radius 3 is 1.77 bits per heavy atom. The van der Waals surface area contributed by atoms with Crippen LogP contribution in [-0.4, -0.2) is 16.9 Å². The van der Waals surface area contributed by atoms with E-state index in [-0.39, 0.29) is 19.1 Å². The van der Waals surface area contributed by atoms with Crippen LogP contribution < -0.4 is 0 Å². The van der Waals surface area contributed by atoms with Crippen molar-refractivity contribution < 1.29 is 14.3 Å². The van der Waals surface area contributed by atoms with E-state index in [0.29, 0.717) is 5.56 Å². The minimum absolute atomic E-state index is 0.118. The van der Waals surface area contributed by atoms with Gasteiger partial charge >= 0.3 is 6.09 Å². The number of hydrogen-bond donors (Lipinski definition) is 0. The second-order valence-corrected chi connectivity index (χ2v) is 5.78. The van der Waals surface area contributed by atoms with E-state index in [2.05, 4.69) is 0 Å². The smallest absolute Gasteiger partial charge is 0.417 e. The van der Waals surface area contributed by atoms with Gasteiger partial charge in [-0.05, 0) is 23.3 Å². The fourth-order valence-corrected chi connectivity index (χ4v) is 2.52. The molecule has 0 N–H and O–H groups in total. The zero-order chi connectivity index (χ0) is 18.2. The van der Waals surface area contributed by atoms with Gasteiger partial charge in [0.25, 0.3) is 5.91 Å². The van der Waals surface area contributed by atoms with Crippen LogP contribution in [0.4, 0.5) is 4.79 Å². The summed E-state index contributed by atoms with van der Waals surface area (Å²) in [4.78, 5) is 26.6. The molecular weight excluding hydrogens is 326 g/mol. The second kappa shape index (κ2) is 8.62. The maximum absolute atomic E-state index is 12.8. The van der Waals surface area contributed by atoms with Crippen molar-refractivity contribution in [2.45, 2.75) is 13.2 Å². The molecule has 0 aromatic heterocycles. The topological polar surface area (TPSA) is 46.6 Å². The van der Waals surface area contributed by atoms with Crippen molar-refractivity contribution in [1.29, 1.82) is 0 Å². The molecule has 0 atom stereocenters. The lowest BCUT2D eigenvalue weighted by molar-refractivity contribution is 0.0626. The third-order valence-corrected chi connectivity index (χ3v) is 3.87. The summed E-state index contributed by atoms with van der Waals surface area (Å²) in [6.45, 7) is 0.273. The molecule has 3 rings (SSSR count). The standard InChI is InChI=1S/C22H19NO3/c24-21(20-14-8-3-9-15-20)23(16-18-10-4-1-5-11-18)22(25)26-17-19-12-6-2-7-13-19/h1-15H,16-17H2. The molecule has 0 spiro atoms. The molecule has 0 radical (unpaired) electrons. The van der Waals surface area contributed by atoms with E-state index >= 15 is 0 Å². The molecule has 0 aliphatic carbocycles. The predicted molar refractivity (Wildman–Crippen MR) is 99.4 cm³/mol. The molecule has 0 aliphatic heterocycles. The molecule has 0 heterocycles. The van der Waals surface area contributed by atoms with Crippen molar-refractivity contribution in [2.75, 3.05) is 0 Å². The van der Waals surface area contributed by atoms with Crippen LogP contribution in [0.3, 0.4) is 0 Å². The molecule has 4 heteroatoms. The van der Waals surface area contributed by atoms with E-state index in [0.717, 1.165) is 16.0 Å².